The maximum atomic E-state index is 11.4. The van der Waals surface area contributed by atoms with Crippen LogP contribution in [-0.2, 0) is 6.42 Å². The molecule has 1 amide bonds. The summed E-state index contributed by atoms with van der Waals surface area (Å²) >= 11 is 0. The highest BCUT2D eigenvalue weighted by atomic mass is 16.5. The van der Waals surface area contributed by atoms with Crippen molar-refractivity contribution >= 4 is 5.91 Å². The van der Waals surface area contributed by atoms with Gasteiger partial charge in [-0.1, -0.05) is 25.9 Å². The molecule has 0 atom stereocenters. The molecule has 1 rings (SSSR count). The van der Waals surface area contributed by atoms with Gasteiger partial charge in [-0.15, -0.1) is 0 Å². The number of hydrogen-bond acceptors (Lipinski definition) is 3. The van der Waals surface area contributed by atoms with Gasteiger partial charge in [0.1, 0.15) is 5.76 Å². The Hall–Kier alpha value is -1.32. The molecule has 0 bridgehead atoms. The fourth-order valence-corrected chi connectivity index (χ4v) is 0.974. The Labute approximate surface area is 83.7 Å². The number of nitrogens with zero attached hydrogens (tertiary/aromatic N) is 1. The third kappa shape index (κ3) is 2.87. The van der Waals surface area contributed by atoms with Gasteiger partial charge in [-0.3, -0.25) is 4.79 Å². The first-order valence-corrected chi connectivity index (χ1v) is 4.87. The Kier molecular flexibility index (Phi) is 3.68. The van der Waals surface area contributed by atoms with E-state index < -0.39 is 0 Å². The number of aryl methyl sites for hydroxylation is 1. The molecular weight excluding hydrogens is 180 g/mol. The lowest BCUT2D eigenvalue weighted by Gasteiger charge is -2.04. The Balaban J connectivity index is 2.52. The maximum absolute atomic E-state index is 11.4. The highest BCUT2D eigenvalue weighted by Gasteiger charge is 2.11. The molecule has 1 aromatic heterocycles. The minimum absolute atomic E-state index is 0.165. The zero-order chi connectivity index (χ0) is 10.6. The van der Waals surface area contributed by atoms with E-state index in [0.717, 1.165) is 12.2 Å². The molecule has 0 aliphatic carbocycles. The van der Waals surface area contributed by atoms with Crippen LogP contribution in [0.25, 0.3) is 0 Å². The maximum Gasteiger partial charge on any atom is 0.273 e. The smallest absolute Gasteiger partial charge is 0.273 e. The molecule has 0 unspecified atom stereocenters. The third-order valence-corrected chi connectivity index (χ3v) is 1.81. The summed E-state index contributed by atoms with van der Waals surface area (Å²) in [5.41, 5.74) is 0.363. The molecule has 78 valence electrons. The van der Waals surface area contributed by atoms with Gasteiger partial charge in [0, 0.05) is 19.0 Å². The second-order valence-corrected chi connectivity index (χ2v) is 3.64. The van der Waals surface area contributed by atoms with Crippen LogP contribution in [0.1, 0.15) is 37.0 Å². The largest absolute Gasteiger partial charge is 0.361 e. The number of aromatic nitrogens is 1. The van der Waals surface area contributed by atoms with Gasteiger partial charge in [0.05, 0.1) is 0 Å². The molecule has 4 heteroatoms. The predicted octanol–water partition coefficient (Wildman–Crippen LogP) is 1.62. The van der Waals surface area contributed by atoms with E-state index in [4.69, 9.17) is 4.52 Å². The third-order valence-electron chi connectivity index (χ3n) is 1.81. The topological polar surface area (TPSA) is 55.1 Å². The van der Waals surface area contributed by atoms with Crippen molar-refractivity contribution in [2.75, 3.05) is 6.54 Å². The second kappa shape index (κ2) is 4.79. The standard InChI is InChI=1S/C10H16N2O2/c1-4-8-5-9(12-14-8)10(13)11-6-7(2)3/h5,7H,4,6H2,1-3H3,(H,11,13). The van der Waals surface area contributed by atoms with Crippen molar-refractivity contribution in [2.45, 2.75) is 27.2 Å². The zero-order valence-corrected chi connectivity index (χ0v) is 8.83. The van der Waals surface area contributed by atoms with Crippen LogP contribution in [0, 0.1) is 5.92 Å². The fraction of sp³-hybridized carbons (Fsp3) is 0.600. The predicted molar refractivity (Wildman–Crippen MR) is 53.1 cm³/mol. The number of carbonyl (C=O) groups excluding carboxylic acids is 1. The molecule has 0 spiro atoms. The first-order chi connectivity index (χ1) is 6.63. The van der Waals surface area contributed by atoms with E-state index in [1.54, 1.807) is 6.07 Å². The van der Waals surface area contributed by atoms with Gasteiger partial charge in [-0.25, -0.2) is 0 Å². The van der Waals surface area contributed by atoms with Gasteiger partial charge in [-0.2, -0.15) is 0 Å². The van der Waals surface area contributed by atoms with E-state index in [0.29, 0.717) is 18.2 Å². The molecule has 1 aromatic rings. The fourth-order valence-electron chi connectivity index (χ4n) is 0.974. The number of amides is 1. The molecule has 0 saturated heterocycles. The van der Waals surface area contributed by atoms with E-state index in [2.05, 4.69) is 10.5 Å². The summed E-state index contributed by atoms with van der Waals surface area (Å²) in [6, 6.07) is 1.68. The molecule has 0 saturated carbocycles. The molecule has 0 radical (unpaired) electrons. The Bertz CT molecular complexity index is 305. The highest BCUT2D eigenvalue weighted by molar-refractivity contribution is 5.92. The van der Waals surface area contributed by atoms with E-state index in [1.165, 1.54) is 0 Å². The minimum atomic E-state index is -0.165. The minimum Gasteiger partial charge on any atom is -0.361 e. The van der Waals surface area contributed by atoms with Gasteiger partial charge in [0.25, 0.3) is 5.91 Å². The average Bonchev–Trinajstić information content (AvgIpc) is 2.62. The van der Waals surface area contributed by atoms with Crippen LogP contribution in [-0.4, -0.2) is 17.6 Å². The quantitative estimate of drug-likeness (QED) is 0.796. The summed E-state index contributed by atoms with van der Waals surface area (Å²) in [6.45, 7) is 6.70. The second-order valence-electron chi connectivity index (χ2n) is 3.64. The van der Waals surface area contributed by atoms with E-state index in [9.17, 15) is 4.79 Å². The Morgan fingerprint density at radius 1 is 1.64 bits per heavy atom. The van der Waals surface area contributed by atoms with Crippen LogP contribution < -0.4 is 5.32 Å². The van der Waals surface area contributed by atoms with Crippen LogP contribution >= 0.6 is 0 Å². The Morgan fingerprint density at radius 2 is 2.36 bits per heavy atom. The molecule has 0 fully saturated rings. The molecular formula is C10H16N2O2. The molecule has 1 N–H and O–H groups in total. The van der Waals surface area contributed by atoms with E-state index in [-0.39, 0.29) is 5.91 Å². The average molecular weight is 196 g/mol. The van der Waals surface area contributed by atoms with Gasteiger partial charge in [-0.05, 0) is 5.92 Å². The summed E-state index contributed by atoms with van der Waals surface area (Å²) in [5, 5.41) is 6.45. The lowest BCUT2D eigenvalue weighted by atomic mass is 10.2. The van der Waals surface area contributed by atoms with Crippen LogP contribution in [0.5, 0.6) is 0 Å². The number of rotatable bonds is 4. The zero-order valence-electron chi connectivity index (χ0n) is 8.83. The SMILES string of the molecule is CCc1cc(C(=O)NCC(C)C)no1. The van der Waals surface area contributed by atoms with E-state index >= 15 is 0 Å². The summed E-state index contributed by atoms with van der Waals surface area (Å²) in [4.78, 5) is 11.4. The van der Waals surface area contributed by atoms with Gasteiger partial charge in [0.2, 0.25) is 0 Å². The summed E-state index contributed by atoms with van der Waals surface area (Å²) in [5.74, 6) is 1.01. The van der Waals surface area contributed by atoms with Crippen molar-refractivity contribution in [3.8, 4) is 0 Å². The number of nitrogens with one attached hydrogen (secondary N) is 1. The molecule has 14 heavy (non-hydrogen) atoms. The molecule has 4 nitrogen and oxygen atoms in total. The number of carbonyl (C=O) groups is 1. The first-order valence-electron chi connectivity index (χ1n) is 4.87. The molecule has 0 aliphatic rings. The van der Waals surface area contributed by atoms with Crippen LogP contribution in [0.15, 0.2) is 10.6 Å². The van der Waals surface area contributed by atoms with Crippen LogP contribution in [0.3, 0.4) is 0 Å². The van der Waals surface area contributed by atoms with Gasteiger partial charge < -0.3 is 9.84 Å². The summed E-state index contributed by atoms with van der Waals surface area (Å²) < 4.78 is 4.93. The van der Waals surface area contributed by atoms with Crippen molar-refractivity contribution in [3.05, 3.63) is 17.5 Å². The van der Waals surface area contributed by atoms with E-state index in [1.807, 2.05) is 20.8 Å². The van der Waals surface area contributed by atoms with Crippen molar-refractivity contribution in [3.63, 3.8) is 0 Å². The van der Waals surface area contributed by atoms with Crippen molar-refractivity contribution < 1.29 is 9.32 Å². The van der Waals surface area contributed by atoms with Crippen molar-refractivity contribution in [2.24, 2.45) is 5.92 Å². The summed E-state index contributed by atoms with van der Waals surface area (Å²) in [6.07, 6.45) is 0.754. The summed E-state index contributed by atoms with van der Waals surface area (Å²) in [7, 11) is 0. The van der Waals surface area contributed by atoms with Gasteiger partial charge >= 0.3 is 0 Å². The highest BCUT2D eigenvalue weighted by Crippen LogP contribution is 2.03. The normalized spacial score (nSPS) is 10.6. The lowest BCUT2D eigenvalue weighted by Crippen LogP contribution is -2.27. The molecule has 1 heterocycles. The van der Waals surface area contributed by atoms with Crippen LogP contribution in [0.2, 0.25) is 0 Å². The Morgan fingerprint density at radius 3 is 2.86 bits per heavy atom. The van der Waals surface area contributed by atoms with Crippen LogP contribution in [0.4, 0.5) is 0 Å². The van der Waals surface area contributed by atoms with Crippen molar-refractivity contribution in [1.29, 1.82) is 0 Å². The lowest BCUT2D eigenvalue weighted by molar-refractivity contribution is 0.0940. The number of hydrogen-bond donors (Lipinski definition) is 1. The molecule has 0 aromatic carbocycles. The van der Waals surface area contributed by atoms with Crippen molar-refractivity contribution in [1.82, 2.24) is 10.5 Å². The molecule has 0 aliphatic heterocycles. The monoisotopic (exact) mass is 196 g/mol. The van der Waals surface area contributed by atoms with Gasteiger partial charge in [0.15, 0.2) is 5.69 Å². The first kappa shape index (κ1) is 10.8.